The van der Waals surface area contributed by atoms with Gasteiger partial charge >= 0.3 is 0 Å². The van der Waals surface area contributed by atoms with E-state index in [4.69, 9.17) is 20.9 Å². The van der Waals surface area contributed by atoms with E-state index >= 15 is 0 Å². The van der Waals surface area contributed by atoms with Crippen molar-refractivity contribution in [3.63, 3.8) is 0 Å². The molecule has 30 heavy (non-hydrogen) atoms. The van der Waals surface area contributed by atoms with E-state index in [0.717, 1.165) is 10.8 Å². The summed E-state index contributed by atoms with van der Waals surface area (Å²) in [7, 11) is 4.65. The van der Waals surface area contributed by atoms with Gasteiger partial charge in [0.2, 0.25) is 0 Å². The number of benzene rings is 3. The number of methoxy groups -OCH3 is 2. The van der Waals surface area contributed by atoms with E-state index in [2.05, 4.69) is 6.07 Å². The summed E-state index contributed by atoms with van der Waals surface area (Å²) in [5.74, 6) is 0.499. The highest BCUT2D eigenvalue weighted by Gasteiger charge is 2.35. The summed E-state index contributed by atoms with van der Waals surface area (Å²) in [6.07, 6.45) is 0. The third-order valence-corrected chi connectivity index (χ3v) is 5.07. The van der Waals surface area contributed by atoms with E-state index in [1.807, 2.05) is 24.3 Å². The van der Waals surface area contributed by atoms with Gasteiger partial charge in [-0.3, -0.25) is 4.79 Å². The van der Waals surface area contributed by atoms with Crippen molar-refractivity contribution < 1.29 is 14.3 Å². The van der Waals surface area contributed by atoms with Gasteiger partial charge in [0.1, 0.15) is 17.6 Å². The van der Waals surface area contributed by atoms with Crippen molar-refractivity contribution in [2.24, 2.45) is 11.5 Å². The molecule has 1 amide bonds. The molecule has 7 heteroatoms. The molecule has 0 aromatic heterocycles. The Balaban J connectivity index is 2.01. The third-order valence-electron chi connectivity index (χ3n) is 5.07. The van der Waals surface area contributed by atoms with Crippen molar-refractivity contribution in [2.45, 2.75) is 12.2 Å². The van der Waals surface area contributed by atoms with Crippen LogP contribution in [0.5, 0.6) is 11.5 Å². The number of hydrogen-bond acceptors (Lipinski definition) is 6. The predicted octanol–water partition coefficient (Wildman–Crippen LogP) is 2.46. The molecule has 154 valence electrons. The first-order valence-corrected chi connectivity index (χ1v) is 9.30. The Hall–Kier alpha value is -3.60. The molecule has 0 saturated heterocycles. The van der Waals surface area contributed by atoms with Crippen molar-refractivity contribution >= 4 is 16.7 Å². The Morgan fingerprint density at radius 3 is 2.50 bits per heavy atom. The number of fused-ring (bicyclic) bond motifs is 1. The fourth-order valence-electron chi connectivity index (χ4n) is 3.51. The zero-order chi connectivity index (χ0) is 21.9. The van der Waals surface area contributed by atoms with Gasteiger partial charge in [0, 0.05) is 19.2 Å². The monoisotopic (exact) mass is 404 g/mol. The van der Waals surface area contributed by atoms with Crippen molar-refractivity contribution in [3.05, 3.63) is 71.3 Å². The fraction of sp³-hybridized carbons (Fsp3) is 0.217. The molecule has 0 aliphatic rings. The van der Waals surface area contributed by atoms with Gasteiger partial charge in [-0.05, 0) is 34.5 Å². The smallest absolute Gasteiger partial charge is 0.262 e. The van der Waals surface area contributed by atoms with Gasteiger partial charge in [0.05, 0.1) is 19.8 Å². The first-order chi connectivity index (χ1) is 14.3. The first-order valence-electron chi connectivity index (χ1n) is 9.30. The number of nitrogens with zero attached hydrogens (tertiary/aromatic N) is 2. The second-order valence-corrected chi connectivity index (χ2v) is 7.03. The average molecular weight is 404 g/mol. The molecule has 7 nitrogen and oxygen atoms in total. The van der Waals surface area contributed by atoms with Crippen molar-refractivity contribution in [2.75, 3.05) is 21.3 Å². The molecule has 0 radical (unpaired) electrons. The van der Waals surface area contributed by atoms with E-state index in [9.17, 15) is 10.1 Å². The normalized spacial score (nSPS) is 11.1. The maximum Gasteiger partial charge on any atom is 0.262 e. The molecule has 0 aliphatic carbocycles. The molecule has 0 aliphatic heterocycles. The largest absolute Gasteiger partial charge is 0.497 e. The number of nitriles is 1. The minimum absolute atomic E-state index is 0.165. The highest BCUT2D eigenvalue weighted by Crippen LogP contribution is 2.33. The molecule has 0 unspecified atom stereocenters. The second-order valence-electron chi connectivity index (χ2n) is 7.03. The third kappa shape index (κ3) is 3.79. The Bertz CT molecular complexity index is 1130. The second kappa shape index (κ2) is 8.41. The molecule has 3 rings (SSSR count). The lowest BCUT2D eigenvalue weighted by atomic mass is 9.97. The quantitative estimate of drug-likeness (QED) is 0.610. The van der Waals surface area contributed by atoms with Crippen LogP contribution in [0.1, 0.15) is 16.7 Å². The number of rotatable bonds is 6. The zero-order valence-electron chi connectivity index (χ0n) is 17.2. The Morgan fingerprint density at radius 2 is 1.83 bits per heavy atom. The molecule has 3 aromatic carbocycles. The van der Waals surface area contributed by atoms with E-state index < -0.39 is 11.6 Å². The number of hydrogen-bond donors (Lipinski definition) is 2. The van der Waals surface area contributed by atoms with Crippen LogP contribution in [0.15, 0.2) is 54.6 Å². The van der Waals surface area contributed by atoms with Crippen LogP contribution in [-0.2, 0) is 17.0 Å². The number of nitrogens with two attached hydrogens (primary N) is 2. The molecular weight excluding hydrogens is 380 g/mol. The molecule has 0 heterocycles. The van der Waals surface area contributed by atoms with Crippen molar-refractivity contribution in [1.82, 2.24) is 4.90 Å². The van der Waals surface area contributed by atoms with Gasteiger partial charge in [0.25, 0.3) is 5.91 Å². The van der Waals surface area contributed by atoms with Crippen molar-refractivity contribution in [1.29, 1.82) is 5.26 Å². The van der Waals surface area contributed by atoms with Gasteiger partial charge in [-0.15, -0.1) is 0 Å². The Labute approximate surface area is 175 Å². The molecule has 0 spiro atoms. The van der Waals surface area contributed by atoms with Crippen LogP contribution < -0.4 is 20.9 Å². The number of carbonyl (C=O) groups excluding carboxylic acids is 1. The lowest BCUT2D eigenvalue weighted by Crippen LogP contribution is -2.58. The molecular formula is C23H24N4O3. The first kappa shape index (κ1) is 21.1. The van der Waals surface area contributed by atoms with E-state index in [1.165, 1.54) is 19.1 Å². The standard InChI is InChI=1S/C23H24N4O3/c1-27(22(28)23(25,26)17-8-6-9-18(12-17)29-2)14-20-19-10-5-4-7-15(19)11-16(13-24)21(20)30-3/h4-12H,14,25-26H2,1-3H3. The summed E-state index contributed by atoms with van der Waals surface area (Å²) in [4.78, 5) is 14.6. The lowest BCUT2D eigenvalue weighted by Gasteiger charge is -2.30. The van der Waals surface area contributed by atoms with Crippen LogP contribution in [0, 0.1) is 11.3 Å². The molecule has 0 fully saturated rings. The van der Waals surface area contributed by atoms with Crippen LogP contribution >= 0.6 is 0 Å². The SMILES string of the molecule is COc1cccc(C(N)(N)C(=O)N(C)Cc2c(OC)c(C#N)cc3ccccc23)c1. The maximum atomic E-state index is 13.2. The summed E-state index contributed by atoms with van der Waals surface area (Å²) >= 11 is 0. The molecule has 0 saturated carbocycles. The number of likely N-dealkylation sites (N-methyl/N-ethyl adjacent to an activating group) is 1. The van der Waals surface area contributed by atoms with E-state index in [1.54, 1.807) is 37.4 Å². The highest BCUT2D eigenvalue weighted by atomic mass is 16.5. The summed E-state index contributed by atoms with van der Waals surface area (Å²) < 4.78 is 10.7. The van der Waals surface area contributed by atoms with Gasteiger partial charge < -0.3 is 25.8 Å². The number of ether oxygens (including phenoxy) is 2. The number of carbonyl (C=O) groups is 1. The molecule has 3 aromatic rings. The Kier molecular flexibility index (Phi) is 5.92. The molecule has 4 N–H and O–H groups in total. The summed E-state index contributed by atoms with van der Waals surface area (Å²) in [5, 5.41) is 11.3. The topological polar surface area (TPSA) is 115 Å². The lowest BCUT2D eigenvalue weighted by molar-refractivity contribution is -0.136. The number of amides is 1. The van der Waals surface area contributed by atoms with Gasteiger partial charge in [0.15, 0.2) is 5.66 Å². The van der Waals surface area contributed by atoms with Gasteiger partial charge in [-0.25, -0.2) is 0 Å². The maximum absolute atomic E-state index is 13.2. The van der Waals surface area contributed by atoms with Crippen LogP contribution in [0.2, 0.25) is 0 Å². The van der Waals surface area contributed by atoms with Gasteiger partial charge in [-0.1, -0.05) is 36.4 Å². The summed E-state index contributed by atoms with van der Waals surface area (Å²) in [5.41, 5.74) is 12.3. The average Bonchev–Trinajstić information content (AvgIpc) is 2.77. The fourth-order valence-corrected chi connectivity index (χ4v) is 3.51. The molecule has 0 atom stereocenters. The van der Waals surface area contributed by atoms with Crippen LogP contribution in [0.25, 0.3) is 10.8 Å². The summed E-state index contributed by atoms with van der Waals surface area (Å²) in [6, 6.07) is 18.3. The van der Waals surface area contributed by atoms with Crippen LogP contribution in [0.3, 0.4) is 0 Å². The predicted molar refractivity (Wildman–Crippen MR) is 115 cm³/mol. The van der Waals surface area contributed by atoms with Crippen molar-refractivity contribution in [3.8, 4) is 17.6 Å². The minimum atomic E-state index is -1.75. The highest BCUT2D eigenvalue weighted by molar-refractivity contribution is 5.91. The van der Waals surface area contributed by atoms with E-state index in [0.29, 0.717) is 28.2 Å². The van der Waals surface area contributed by atoms with E-state index in [-0.39, 0.29) is 6.54 Å². The summed E-state index contributed by atoms with van der Waals surface area (Å²) in [6.45, 7) is 0.165. The zero-order valence-corrected chi connectivity index (χ0v) is 17.2. The molecule has 0 bridgehead atoms. The van der Waals surface area contributed by atoms with Crippen LogP contribution in [0.4, 0.5) is 0 Å². The van der Waals surface area contributed by atoms with Crippen LogP contribution in [-0.4, -0.2) is 32.1 Å². The Morgan fingerprint density at radius 1 is 1.10 bits per heavy atom. The van der Waals surface area contributed by atoms with Gasteiger partial charge in [-0.2, -0.15) is 5.26 Å². The minimum Gasteiger partial charge on any atom is -0.497 e.